The molecule has 0 aromatic carbocycles. The molecule has 1 unspecified atom stereocenters. The lowest BCUT2D eigenvalue weighted by atomic mass is 10.5. The molecule has 0 amide bonds. The van der Waals surface area contributed by atoms with Crippen molar-refractivity contribution in [2.45, 2.75) is 30.0 Å². The van der Waals surface area contributed by atoms with Crippen LogP contribution in [0, 0.1) is 0 Å². The summed E-state index contributed by atoms with van der Waals surface area (Å²) < 4.78 is 1.35. The van der Waals surface area contributed by atoms with Crippen molar-refractivity contribution in [2.24, 2.45) is 0 Å². The number of nitrogen functional groups attached to an aromatic ring is 1. The first-order chi connectivity index (χ1) is 7.56. The Balaban J connectivity index is 2.68. The van der Waals surface area contributed by atoms with Crippen LogP contribution < -0.4 is 5.84 Å². The largest absolute Gasteiger partial charge is 0.480 e. The number of carboxylic acid groups (broad SMARTS) is 1. The van der Waals surface area contributed by atoms with E-state index in [-0.39, 0.29) is 0 Å². The third-order valence-corrected chi connectivity index (χ3v) is 3.72. The van der Waals surface area contributed by atoms with Crippen LogP contribution in [0.15, 0.2) is 5.16 Å². The van der Waals surface area contributed by atoms with E-state index < -0.39 is 11.2 Å². The Hall–Kier alpha value is -0.890. The molecular weight excluding hydrogens is 248 g/mol. The maximum Gasteiger partial charge on any atom is 0.316 e. The molecule has 8 heteroatoms. The van der Waals surface area contributed by atoms with E-state index in [1.54, 1.807) is 18.7 Å². The molecule has 1 atom stereocenters. The minimum atomic E-state index is -0.891. The molecule has 1 rings (SSSR count). The van der Waals surface area contributed by atoms with Gasteiger partial charge in [0.15, 0.2) is 5.82 Å². The van der Waals surface area contributed by atoms with Crippen molar-refractivity contribution < 1.29 is 9.90 Å². The van der Waals surface area contributed by atoms with Crippen molar-refractivity contribution in [1.29, 1.82) is 0 Å². The summed E-state index contributed by atoms with van der Waals surface area (Å²) in [5.74, 6) is 7.18. The van der Waals surface area contributed by atoms with E-state index in [4.69, 9.17) is 10.9 Å². The number of nitrogens with zero attached hydrogens (tertiary/aromatic N) is 3. The van der Waals surface area contributed by atoms with Crippen LogP contribution in [0.2, 0.25) is 0 Å². The maximum absolute atomic E-state index is 10.7. The third-order valence-electron chi connectivity index (χ3n) is 1.80. The normalized spacial score (nSPS) is 12.6. The van der Waals surface area contributed by atoms with Crippen LogP contribution in [0.5, 0.6) is 0 Å². The average Bonchev–Trinajstić information content (AvgIpc) is 2.57. The van der Waals surface area contributed by atoms with Crippen molar-refractivity contribution in [1.82, 2.24) is 14.9 Å². The molecular formula is C8H14N4O2S2. The molecule has 1 aromatic rings. The van der Waals surface area contributed by atoms with Gasteiger partial charge in [0.2, 0.25) is 5.16 Å². The number of carbonyl (C=O) groups is 1. The lowest BCUT2D eigenvalue weighted by Gasteiger charge is -2.05. The SMILES string of the molecule is CCSCc1nnc(SC(C)C(=O)O)n1N. The fourth-order valence-electron chi connectivity index (χ4n) is 0.888. The minimum absolute atomic E-state index is 0.432. The summed E-state index contributed by atoms with van der Waals surface area (Å²) in [4.78, 5) is 10.7. The van der Waals surface area contributed by atoms with Gasteiger partial charge >= 0.3 is 5.97 Å². The molecule has 0 bridgehead atoms. The fourth-order valence-corrected chi connectivity index (χ4v) is 2.20. The van der Waals surface area contributed by atoms with Gasteiger partial charge in [0, 0.05) is 0 Å². The van der Waals surface area contributed by atoms with Gasteiger partial charge in [-0.25, -0.2) is 4.68 Å². The zero-order chi connectivity index (χ0) is 12.1. The molecule has 0 fully saturated rings. The summed E-state index contributed by atoms with van der Waals surface area (Å²) in [6, 6.07) is 0. The molecule has 0 spiro atoms. The molecule has 0 saturated carbocycles. The van der Waals surface area contributed by atoms with E-state index in [0.717, 1.165) is 17.5 Å². The molecule has 16 heavy (non-hydrogen) atoms. The van der Waals surface area contributed by atoms with E-state index in [2.05, 4.69) is 10.2 Å². The van der Waals surface area contributed by atoms with Crippen molar-refractivity contribution in [3.63, 3.8) is 0 Å². The first-order valence-corrected chi connectivity index (χ1v) is 6.76. The molecule has 1 heterocycles. The molecule has 0 aliphatic carbocycles. The lowest BCUT2D eigenvalue weighted by Crippen LogP contribution is -2.17. The average molecular weight is 262 g/mol. The highest BCUT2D eigenvalue weighted by molar-refractivity contribution is 8.00. The summed E-state index contributed by atoms with van der Waals surface area (Å²) >= 11 is 2.77. The highest BCUT2D eigenvalue weighted by Gasteiger charge is 2.18. The summed E-state index contributed by atoms with van der Waals surface area (Å²) in [7, 11) is 0. The minimum Gasteiger partial charge on any atom is -0.480 e. The van der Waals surface area contributed by atoms with Gasteiger partial charge in [-0.15, -0.1) is 10.2 Å². The molecule has 90 valence electrons. The maximum atomic E-state index is 10.7. The Bertz CT molecular complexity index is 369. The molecule has 0 radical (unpaired) electrons. The van der Waals surface area contributed by atoms with Crippen LogP contribution in [0.3, 0.4) is 0 Å². The second-order valence-electron chi connectivity index (χ2n) is 3.00. The molecule has 0 aliphatic rings. The Morgan fingerprint density at radius 2 is 2.31 bits per heavy atom. The quantitative estimate of drug-likeness (QED) is 0.578. The van der Waals surface area contributed by atoms with Crippen LogP contribution in [0.4, 0.5) is 0 Å². The Kier molecular flexibility index (Phi) is 4.94. The van der Waals surface area contributed by atoms with Gasteiger partial charge in [-0.1, -0.05) is 18.7 Å². The number of thioether (sulfide) groups is 2. The second-order valence-corrected chi connectivity index (χ2v) is 5.59. The molecule has 6 nitrogen and oxygen atoms in total. The zero-order valence-electron chi connectivity index (χ0n) is 9.08. The summed E-state index contributed by atoms with van der Waals surface area (Å²) in [6.45, 7) is 3.63. The Morgan fingerprint density at radius 3 is 2.88 bits per heavy atom. The van der Waals surface area contributed by atoms with Crippen molar-refractivity contribution in [3.05, 3.63) is 5.82 Å². The van der Waals surface area contributed by atoms with Gasteiger partial charge in [0.05, 0.1) is 5.75 Å². The van der Waals surface area contributed by atoms with Crippen LogP contribution in [0.25, 0.3) is 0 Å². The predicted octanol–water partition coefficient (Wildman–Crippen LogP) is 0.810. The van der Waals surface area contributed by atoms with Crippen LogP contribution in [-0.4, -0.2) is 37.0 Å². The van der Waals surface area contributed by atoms with E-state index in [9.17, 15) is 4.79 Å². The molecule has 0 saturated heterocycles. The van der Waals surface area contributed by atoms with Crippen molar-refractivity contribution in [3.8, 4) is 0 Å². The van der Waals surface area contributed by atoms with Gasteiger partial charge in [-0.3, -0.25) is 4.79 Å². The van der Waals surface area contributed by atoms with Crippen molar-refractivity contribution in [2.75, 3.05) is 11.6 Å². The van der Waals surface area contributed by atoms with Gasteiger partial charge in [0.1, 0.15) is 5.25 Å². The third kappa shape index (κ3) is 3.31. The van der Waals surface area contributed by atoms with Gasteiger partial charge in [0.25, 0.3) is 0 Å². The predicted molar refractivity (Wildman–Crippen MR) is 65.0 cm³/mol. The summed E-state index contributed by atoms with van der Waals surface area (Å²) in [5.41, 5.74) is 0. The number of carboxylic acids is 1. The van der Waals surface area contributed by atoms with Gasteiger partial charge in [-0.05, 0) is 12.7 Å². The Labute approximate surface area is 102 Å². The number of aromatic nitrogens is 3. The molecule has 0 aliphatic heterocycles. The van der Waals surface area contributed by atoms with Gasteiger partial charge < -0.3 is 10.9 Å². The smallest absolute Gasteiger partial charge is 0.316 e. The summed E-state index contributed by atoms with van der Waals surface area (Å²) in [6.07, 6.45) is 0. The van der Waals surface area contributed by atoms with Crippen LogP contribution >= 0.6 is 23.5 Å². The molecule has 1 aromatic heterocycles. The van der Waals surface area contributed by atoms with E-state index in [1.165, 1.54) is 4.68 Å². The van der Waals surface area contributed by atoms with Crippen molar-refractivity contribution >= 4 is 29.5 Å². The second kappa shape index (κ2) is 6.00. The topological polar surface area (TPSA) is 94.0 Å². The number of aliphatic carboxylic acids is 1. The number of nitrogens with two attached hydrogens (primary N) is 1. The van der Waals surface area contributed by atoms with E-state index in [1.807, 2.05) is 6.92 Å². The highest BCUT2D eigenvalue weighted by Crippen LogP contribution is 2.21. The number of rotatable bonds is 6. The van der Waals surface area contributed by atoms with E-state index >= 15 is 0 Å². The first-order valence-electron chi connectivity index (χ1n) is 4.72. The monoisotopic (exact) mass is 262 g/mol. The van der Waals surface area contributed by atoms with Crippen LogP contribution in [-0.2, 0) is 10.5 Å². The van der Waals surface area contributed by atoms with E-state index in [0.29, 0.717) is 16.7 Å². The first kappa shape index (κ1) is 13.2. The van der Waals surface area contributed by atoms with Crippen LogP contribution in [0.1, 0.15) is 19.7 Å². The summed E-state index contributed by atoms with van der Waals surface area (Å²) in [5, 5.41) is 16.4. The zero-order valence-corrected chi connectivity index (χ0v) is 10.7. The number of hydrogen-bond acceptors (Lipinski definition) is 6. The number of hydrogen-bond donors (Lipinski definition) is 2. The molecule has 3 N–H and O–H groups in total. The van der Waals surface area contributed by atoms with Gasteiger partial charge in [-0.2, -0.15) is 11.8 Å². The highest BCUT2D eigenvalue weighted by atomic mass is 32.2. The standard InChI is InChI=1S/C8H14N4O2S2/c1-3-15-4-6-10-11-8(12(6)9)16-5(2)7(13)14/h5H,3-4,9H2,1-2H3,(H,13,14). The fraction of sp³-hybridized carbons (Fsp3) is 0.625. The Morgan fingerprint density at radius 1 is 1.62 bits per heavy atom. The lowest BCUT2D eigenvalue weighted by molar-refractivity contribution is -0.136.